The first-order valence-electron chi connectivity index (χ1n) is 6.34. The van der Waals surface area contributed by atoms with Crippen LogP contribution < -0.4 is 0 Å². The van der Waals surface area contributed by atoms with Crippen molar-refractivity contribution >= 4 is 18.0 Å². The lowest BCUT2D eigenvalue weighted by molar-refractivity contribution is -0.147. The molecule has 1 aromatic rings. The van der Waals surface area contributed by atoms with E-state index in [0.29, 0.717) is 0 Å². The van der Waals surface area contributed by atoms with Crippen LogP contribution in [0, 0.1) is 0 Å². The van der Waals surface area contributed by atoms with Gasteiger partial charge in [-0.1, -0.05) is 24.8 Å². The van der Waals surface area contributed by atoms with Gasteiger partial charge in [0, 0.05) is 0 Å². The van der Waals surface area contributed by atoms with Gasteiger partial charge in [0.1, 0.15) is 12.7 Å². The largest absolute Gasteiger partial charge is 0.505 e. The molecule has 1 aliphatic heterocycles. The molecule has 7 heteroatoms. The number of carbonyl (C=O) groups is 2. The molecule has 1 aromatic carbocycles. The number of cyclic esters (lactones) is 1. The van der Waals surface area contributed by atoms with Crippen molar-refractivity contribution in [3.63, 3.8) is 0 Å². The van der Waals surface area contributed by atoms with E-state index in [1.807, 2.05) is 0 Å². The molecule has 0 unspecified atom stereocenters. The summed E-state index contributed by atoms with van der Waals surface area (Å²) in [7, 11) is 0. The average molecular weight is 306 g/mol. The maximum Gasteiger partial charge on any atom is 0.377 e. The number of esters is 2. The molecule has 1 aliphatic rings. The standard InChI is InChI=1S/C15H14O7/c1-2-8-3-5-9(6-4-8)14(19)21-7-10(16)13-11(17)12(18)15(20)22-13/h2-6,10,13,16-18H,1,7H2/t10-,13+/m0/s1. The van der Waals surface area contributed by atoms with Crippen LogP contribution in [0.2, 0.25) is 0 Å². The van der Waals surface area contributed by atoms with Crippen molar-refractivity contribution in [2.24, 2.45) is 0 Å². The maximum absolute atomic E-state index is 11.8. The third-order valence-corrected chi connectivity index (χ3v) is 3.06. The Labute approximate surface area is 125 Å². The van der Waals surface area contributed by atoms with E-state index in [0.717, 1.165) is 5.56 Å². The second kappa shape index (κ2) is 6.31. The zero-order valence-electron chi connectivity index (χ0n) is 11.4. The molecule has 7 nitrogen and oxygen atoms in total. The third-order valence-electron chi connectivity index (χ3n) is 3.06. The summed E-state index contributed by atoms with van der Waals surface area (Å²) >= 11 is 0. The Kier molecular flexibility index (Phi) is 4.47. The van der Waals surface area contributed by atoms with Gasteiger partial charge in [-0.15, -0.1) is 0 Å². The molecule has 0 saturated carbocycles. The summed E-state index contributed by atoms with van der Waals surface area (Å²) in [5.41, 5.74) is 1.10. The molecular formula is C15H14O7. The number of benzene rings is 1. The molecule has 0 saturated heterocycles. The van der Waals surface area contributed by atoms with Gasteiger partial charge in [-0.3, -0.25) is 0 Å². The van der Waals surface area contributed by atoms with E-state index in [-0.39, 0.29) is 5.56 Å². The maximum atomic E-state index is 11.8. The van der Waals surface area contributed by atoms with Crippen molar-refractivity contribution in [3.8, 4) is 0 Å². The fourth-order valence-electron chi connectivity index (χ4n) is 1.81. The summed E-state index contributed by atoms with van der Waals surface area (Å²) in [6.45, 7) is 3.07. The Hall–Kier alpha value is -2.80. The van der Waals surface area contributed by atoms with Crippen molar-refractivity contribution in [1.82, 2.24) is 0 Å². The summed E-state index contributed by atoms with van der Waals surface area (Å²) < 4.78 is 9.42. The molecule has 0 radical (unpaired) electrons. The minimum Gasteiger partial charge on any atom is -0.505 e. The molecule has 22 heavy (non-hydrogen) atoms. The Morgan fingerprint density at radius 2 is 2.00 bits per heavy atom. The van der Waals surface area contributed by atoms with E-state index in [1.54, 1.807) is 18.2 Å². The van der Waals surface area contributed by atoms with Gasteiger partial charge in [-0.05, 0) is 17.7 Å². The van der Waals surface area contributed by atoms with Crippen molar-refractivity contribution in [2.75, 3.05) is 6.61 Å². The van der Waals surface area contributed by atoms with Gasteiger partial charge >= 0.3 is 11.9 Å². The van der Waals surface area contributed by atoms with Crippen molar-refractivity contribution in [1.29, 1.82) is 0 Å². The van der Waals surface area contributed by atoms with Gasteiger partial charge in [-0.25, -0.2) is 9.59 Å². The highest BCUT2D eigenvalue weighted by Crippen LogP contribution is 2.21. The molecular weight excluding hydrogens is 292 g/mol. The predicted molar refractivity (Wildman–Crippen MR) is 75.0 cm³/mol. The van der Waals surface area contributed by atoms with Crippen LogP contribution in [0.5, 0.6) is 0 Å². The van der Waals surface area contributed by atoms with E-state index in [9.17, 15) is 19.8 Å². The summed E-state index contributed by atoms with van der Waals surface area (Å²) in [6, 6.07) is 6.41. The van der Waals surface area contributed by atoms with Crippen molar-refractivity contribution in [2.45, 2.75) is 12.2 Å². The Morgan fingerprint density at radius 1 is 1.36 bits per heavy atom. The van der Waals surface area contributed by atoms with Gasteiger partial charge in [-0.2, -0.15) is 0 Å². The smallest absolute Gasteiger partial charge is 0.377 e. The van der Waals surface area contributed by atoms with Crippen molar-refractivity contribution < 1.29 is 34.4 Å². The summed E-state index contributed by atoms with van der Waals surface area (Å²) in [5, 5.41) is 28.3. The van der Waals surface area contributed by atoms with Crippen LogP contribution in [-0.2, 0) is 14.3 Å². The molecule has 1 heterocycles. The Balaban J connectivity index is 1.93. The molecule has 0 aromatic heterocycles. The predicted octanol–water partition coefficient (Wildman–Crippen LogP) is 1.10. The second-order valence-electron chi connectivity index (χ2n) is 4.55. The van der Waals surface area contributed by atoms with Gasteiger partial charge in [0.2, 0.25) is 5.76 Å². The highest BCUT2D eigenvalue weighted by molar-refractivity contribution is 5.90. The molecule has 0 aliphatic carbocycles. The average Bonchev–Trinajstić information content (AvgIpc) is 2.80. The number of ether oxygens (including phenoxy) is 2. The van der Waals surface area contributed by atoms with Crippen LogP contribution in [-0.4, -0.2) is 46.1 Å². The Bertz CT molecular complexity index is 630. The third kappa shape index (κ3) is 3.09. The fraction of sp³-hybridized carbons (Fsp3) is 0.200. The van der Waals surface area contributed by atoms with Crippen LogP contribution in [0.1, 0.15) is 15.9 Å². The molecule has 116 valence electrons. The highest BCUT2D eigenvalue weighted by Gasteiger charge is 2.39. The summed E-state index contributed by atoms with van der Waals surface area (Å²) in [4.78, 5) is 22.8. The van der Waals surface area contributed by atoms with E-state index < -0.39 is 42.3 Å². The normalized spacial score (nSPS) is 18.8. The van der Waals surface area contributed by atoms with Crippen molar-refractivity contribution in [3.05, 3.63) is 53.5 Å². The summed E-state index contributed by atoms with van der Waals surface area (Å²) in [5.74, 6) is -3.58. The van der Waals surface area contributed by atoms with E-state index in [2.05, 4.69) is 11.3 Å². The van der Waals surface area contributed by atoms with Gasteiger partial charge in [0.15, 0.2) is 11.9 Å². The molecule has 2 rings (SSSR count). The van der Waals surface area contributed by atoms with E-state index >= 15 is 0 Å². The zero-order valence-corrected chi connectivity index (χ0v) is 11.4. The number of aliphatic hydroxyl groups excluding tert-OH is 3. The molecule has 0 bridgehead atoms. The van der Waals surface area contributed by atoms with E-state index in [1.165, 1.54) is 12.1 Å². The van der Waals surface area contributed by atoms with Crippen LogP contribution in [0.3, 0.4) is 0 Å². The van der Waals surface area contributed by atoms with Crippen LogP contribution >= 0.6 is 0 Å². The first-order chi connectivity index (χ1) is 10.4. The van der Waals surface area contributed by atoms with E-state index in [4.69, 9.17) is 9.84 Å². The molecule has 2 atom stereocenters. The molecule has 0 amide bonds. The number of rotatable bonds is 5. The number of aliphatic hydroxyl groups is 3. The lowest BCUT2D eigenvalue weighted by atomic mass is 10.1. The number of carbonyl (C=O) groups excluding carboxylic acids is 2. The second-order valence-corrected chi connectivity index (χ2v) is 4.55. The number of hydrogen-bond acceptors (Lipinski definition) is 7. The monoisotopic (exact) mass is 306 g/mol. The first kappa shape index (κ1) is 15.6. The first-order valence-corrected chi connectivity index (χ1v) is 6.34. The molecule has 3 N–H and O–H groups in total. The Morgan fingerprint density at radius 3 is 2.50 bits per heavy atom. The minimum absolute atomic E-state index is 0.267. The quantitative estimate of drug-likeness (QED) is 0.698. The van der Waals surface area contributed by atoms with Crippen LogP contribution in [0.25, 0.3) is 6.08 Å². The lowest BCUT2D eigenvalue weighted by Gasteiger charge is -2.17. The zero-order chi connectivity index (χ0) is 16.3. The highest BCUT2D eigenvalue weighted by atomic mass is 16.6. The van der Waals surface area contributed by atoms with Crippen LogP contribution in [0.15, 0.2) is 42.4 Å². The molecule has 0 spiro atoms. The van der Waals surface area contributed by atoms with Gasteiger partial charge in [0.25, 0.3) is 0 Å². The molecule has 0 fully saturated rings. The summed E-state index contributed by atoms with van der Waals surface area (Å²) in [6.07, 6.45) is -1.33. The number of hydrogen-bond donors (Lipinski definition) is 3. The minimum atomic E-state index is -1.50. The SMILES string of the molecule is C=Cc1ccc(C(=O)OC[C@H](O)[C@H]2OC(=O)C(O)=C2O)cc1. The topological polar surface area (TPSA) is 113 Å². The fourth-order valence-corrected chi connectivity index (χ4v) is 1.81. The lowest BCUT2D eigenvalue weighted by Crippen LogP contribution is -2.33. The van der Waals surface area contributed by atoms with Gasteiger partial charge < -0.3 is 24.8 Å². The van der Waals surface area contributed by atoms with Crippen LogP contribution in [0.4, 0.5) is 0 Å². The van der Waals surface area contributed by atoms with Gasteiger partial charge in [0.05, 0.1) is 5.56 Å².